The number of rotatable bonds is 5. The SMILES string of the molecule is Cc1cccc(NC(=O)Nc2ccc(-c3c(C(=O)N4CCN(C5CCCCC5)CC4)cn4ncnc(N)c34)cc2)n1. The van der Waals surface area contributed by atoms with Crippen molar-refractivity contribution in [3.05, 3.63) is 66.2 Å². The Balaban J connectivity index is 1.22. The second-order valence-electron chi connectivity index (χ2n) is 10.8. The molecule has 3 aromatic heterocycles. The van der Waals surface area contributed by atoms with E-state index in [1.807, 2.05) is 36.1 Å². The minimum Gasteiger partial charge on any atom is -0.382 e. The number of amides is 3. The highest BCUT2D eigenvalue weighted by molar-refractivity contribution is 6.07. The van der Waals surface area contributed by atoms with Crippen molar-refractivity contribution < 1.29 is 9.59 Å². The first-order chi connectivity index (χ1) is 20.0. The van der Waals surface area contributed by atoms with Crippen LogP contribution in [0, 0.1) is 6.92 Å². The van der Waals surface area contributed by atoms with Gasteiger partial charge >= 0.3 is 6.03 Å². The smallest absolute Gasteiger partial charge is 0.324 e. The average Bonchev–Trinajstić information content (AvgIpc) is 3.39. The van der Waals surface area contributed by atoms with Crippen LogP contribution in [0.2, 0.25) is 0 Å². The summed E-state index contributed by atoms with van der Waals surface area (Å²) in [4.78, 5) is 39.4. The lowest BCUT2D eigenvalue weighted by molar-refractivity contribution is 0.0524. The summed E-state index contributed by atoms with van der Waals surface area (Å²) in [6, 6.07) is 13.0. The molecule has 1 aliphatic heterocycles. The molecule has 1 saturated heterocycles. The van der Waals surface area contributed by atoms with E-state index in [1.165, 1.54) is 38.4 Å². The van der Waals surface area contributed by atoms with Gasteiger partial charge in [-0.15, -0.1) is 0 Å². The van der Waals surface area contributed by atoms with Crippen LogP contribution in [0.15, 0.2) is 55.0 Å². The molecule has 0 unspecified atom stereocenters. The van der Waals surface area contributed by atoms with E-state index in [0.717, 1.165) is 24.3 Å². The number of anilines is 3. The predicted octanol–water partition coefficient (Wildman–Crippen LogP) is 4.42. The molecule has 1 aromatic carbocycles. The van der Waals surface area contributed by atoms with E-state index < -0.39 is 6.03 Å². The second kappa shape index (κ2) is 11.5. The zero-order valence-corrected chi connectivity index (χ0v) is 23.2. The summed E-state index contributed by atoms with van der Waals surface area (Å²) in [6.07, 6.45) is 9.59. The summed E-state index contributed by atoms with van der Waals surface area (Å²) < 4.78 is 1.62. The number of hydrogen-bond donors (Lipinski definition) is 3. The van der Waals surface area contributed by atoms with Crippen LogP contribution in [0.5, 0.6) is 0 Å². The van der Waals surface area contributed by atoms with Crippen molar-refractivity contribution >= 4 is 34.8 Å². The molecule has 11 nitrogen and oxygen atoms in total. The maximum absolute atomic E-state index is 13.9. The van der Waals surface area contributed by atoms with Gasteiger partial charge in [0, 0.05) is 55.4 Å². The summed E-state index contributed by atoms with van der Waals surface area (Å²) in [7, 11) is 0. The Kier molecular flexibility index (Phi) is 7.51. The fourth-order valence-corrected chi connectivity index (χ4v) is 6.01. The van der Waals surface area contributed by atoms with Crippen LogP contribution in [-0.4, -0.2) is 73.5 Å². The van der Waals surface area contributed by atoms with Crippen LogP contribution in [0.3, 0.4) is 0 Å². The van der Waals surface area contributed by atoms with Gasteiger partial charge in [0.05, 0.1) is 5.56 Å². The number of aromatic nitrogens is 4. The Labute approximate surface area is 238 Å². The first-order valence-corrected chi connectivity index (χ1v) is 14.2. The lowest BCUT2D eigenvalue weighted by atomic mass is 9.93. The molecule has 1 saturated carbocycles. The Morgan fingerprint density at radius 2 is 1.71 bits per heavy atom. The lowest BCUT2D eigenvalue weighted by Crippen LogP contribution is -2.52. The van der Waals surface area contributed by atoms with Crippen molar-refractivity contribution in [1.82, 2.24) is 29.4 Å². The van der Waals surface area contributed by atoms with Gasteiger partial charge in [-0.25, -0.2) is 19.3 Å². The van der Waals surface area contributed by atoms with Crippen molar-refractivity contribution in [2.45, 2.75) is 45.1 Å². The van der Waals surface area contributed by atoms with Gasteiger partial charge in [-0.2, -0.15) is 5.10 Å². The number of benzene rings is 1. The van der Waals surface area contributed by atoms with Crippen LogP contribution in [0.4, 0.5) is 22.1 Å². The average molecular weight is 554 g/mol. The molecule has 11 heteroatoms. The Morgan fingerprint density at radius 1 is 0.951 bits per heavy atom. The highest BCUT2D eigenvalue weighted by atomic mass is 16.2. The highest BCUT2D eigenvalue weighted by Crippen LogP contribution is 2.34. The number of hydrogen-bond acceptors (Lipinski definition) is 7. The predicted molar refractivity (Wildman–Crippen MR) is 159 cm³/mol. The zero-order valence-electron chi connectivity index (χ0n) is 23.2. The van der Waals surface area contributed by atoms with Gasteiger partial charge in [-0.05, 0) is 49.6 Å². The minimum absolute atomic E-state index is 0.0413. The monoisotopic (exact) mass is 553 g/mol. The van der Waals surface area contributed by atoms with Crippen LogP contribution in [0.1, 0.15) is 48.2 Å². The molecular weight excluding hydrogens is 518 g/mol. The molecule has 4 N–H and O–H groups in total. The number of piperazine rings is 1. The topological polar surface area (TPSA) is 134 Å². The third kappa shape index (κ3) is 5.71. The van der Waals surface area contributed by atoms with E-state index in [-0.39, 0.29) is 5.91 Å². The van der Waals surface area contributed by atoms with Crippen molar-refractivity contribution in [3.63, 3.8) is 0 Å². The molecule has 212 valence electrons. The van der Waals surface area contributed by atoms with E-state index in [4.69, 9.17) is 5.73 Å². The number of carbonyl (C=O) groups excluding carboxylic acids is 2. The number of fused-ring (bicyclic) bond motifs is 1. The van der Waals surface area contributed by atoms with Gasteiger partial charge in [0.1, 0.15) is 17.7 Å². The zero-order chi connectivity index (χ0) is 28.3. The third-order valence-corrected chi connectivity index (χ3v) is 8.09. The number of urea groups is 1. The molecule has 3 amide bonds. The lowest BCUT2D eigenvalue weighted by Gasteiger charge is -2.40. The van der Waals surface area contributed by atoms with Gasteiger partial charge in [-0.3, -0.25) is 15.0 Å². The van der Waals surface area contributed by atoms with E-state index in [9.17, 15) is 9.59 Å². The molecule has 0 radical (unpaired) electrons. The minimum atomic E-state index is -0.397. The molecule has 4 heterocycles. The highest BCUT2D eigenvalue weighted by Gasteiger charge is 2.30. The molecule has 41 heavy (non-hydrogen) atoms. The summed E-state index contributed by atoms with van der Waals surface area (Å²) in [6.45, 7) is 5.02. The van der Waals surface area contributed by atoms with Crippen LogP contribution in [0.25, 0.3) is 16.6 Å². The Hall–Kier alpha value is -4.51. The number of carbonyl (C=O) groups is 2. The molecular formula is C30H35N9O2. The van der Waals surface area contributed by atoms with Gasteiger partial charge in [-0.1, -0.05) is 37.5 Å². The van der Waals surface area contributed by atoms with E-state index >= 15 is 0 Å². The molecule has 0 spiro atoms. The quantitative estimate of drug-likeness (QED) is 0.333. The molecule has 6 rings (SSSR count). The number of pyridine rings is 1. The van der Waals surface area contributed by atoms with Crippen molar-refractivity contribution in [3.8, 4) is 11.1 Å². The molecule has 4 aromatic rings. The number of aryl methyl sites for hydroxylation is 1. The van der Waals surface area contributed by atoms with E-state index in [0.29, 0.717) is 53.1 Å². The summed E-state index contributed by atoms with van der Waals surface area (Å²) in [5, 5.41) is 9.89. The van der Waals surface area contributed by atoms with E-state index in [1.54, 1.807) is 28.9 Å². The Bertz CT molecular complexity index is 1550. The second-order valence-corrected chi connectivity index (χ2v) is 10.8. The number of nitrogens with zero attached hydrogens (tertiary/aromatic N) is 6. The molecule has 0 bridgehead atoms. The maximum Gasteiger partial charge on any atom is 0.324 e. The fraction of sp³-hybridized carbons (Fsp3) is 0.367. The first-order valence-electron chi connectivity index (χ1n) is 14.2. The summed E-state index contributed by atoms with van der Waals surface area (Å²) in [5.74, 6) is 0.724. The molecule has 2 aliphatic rings. The standard InChI is InChI=1S/C30H35N9O2/c1-20-6-5-9-25(34-20)36-30(41)35-22-12-10-21(11-13-22)26-24(18-39-27(26)28(31)32-19-33-39)29(40)38-16-14-37(15-17-38)23-7-3-2-4-8-23/h5-6,9-13,18-19,23H,2-4,7-8,14-17H2,1H3,(H2,31,32,33)(H2,34,35,36,41). The summed E-state index contributed by atoms with van der Waals surface area (Å²) >= 11 is 0. The maximum atomic E-state index is 13.9. The van der Waals surface area contributed by atoms with Crippen molar-refractivity contribution in [2.24, 2.45) is 0 Å². The van der Waals surface area contributed by atoms with Crippen molar-refractivity contribution in [1.29, 1.82) is 0 Å². The first kappa shape index (κ1) is 26.7. The summed E-state index contributed by atoms with van der Waals surface area (Å²) in [5.41, 5.74) is 10.3. The van der Waals surface area contributed by atoms with Gasteiger partial charge in [0.25, 0.3) is 5.91 Å². The van der Waals surface area contributed by atoms with Gasteiger partial charge in [0.2, 0.25) is 0 Å². The van der Waals surface area contributed by atoms with Crippen molar-refractivity contribution in [2.75, 3.05) is 42.5 Å². The van der Waals surface area contributed by atoms with Crippen LogP contribution < -0.4 is 16.4 Å². The Morgan fingerprint density at radius 3 is 2.44 bits per heavy atom. The fourth-order valence-electron chi connectivity index (χ4n) is 6.01. The largest absolute Gasteiger partial charge is 0.382 e. The van der Waals surface area contributed by atoms with Crippen LogP contribution in [-0.2, 0) is 0 Å². The number of nitrogens with two attached hydrogens (primary N) is 1. The van der Waals surface area contributed by atoms with E-state index in [2.05, 4.69) is 30.6 Å². The molecule has 0 atom stereocenters. The van der Waals surface area contributed by atoms with Gasteiger partial charge in [0.15, 0.2) is 5.82 Å². The normalized spacial score (nSPS) is 16.6. The van der Waals surface area contributed by atoms with Gasteiger partial charge < -0.3 is 16.0 Å². The number of nitrogen functional groups attached to an aromatic ring is 1. The van der Waals surface area contributed by atoms with Crippen LogP contribution >= 0.6 is 0 Å². The molecule has 1 aliphatic carbocycles. The number of nitrogens with one attached hydrogen (secondary N) is 2. The third-order valence-electron chi connectivity index (χ3n) is 8.09. The molecule has 2 fully saturated rings.